The number of nitrogens with one attached hydrogen (secondary N) is 1. The van der Waals surface area contributed by atoms with Crippen LogP contribution in [0.4, 0.5) is 5.69 Å². The van der Waals surface area contributed by atoms with Crippen molar-refractivity contribution in [2.45, 2.75) is 12.1 Å². The molecular formula is C20H17N3O5S. The maximum absolute atomic E-state index is 12.1. The maximum Gasteiger partial charge on any atom is 0.277 e. The lowest BCUT2D eigenvalue weighted by Crippen LogP contribution is -2.15. The number of ketones is 1. The minimum Gasteiger partial charge on any atom is -0.486 e. The first-order chi connectivity index (χ1) is 14.1. The molecular weight excluding hydrogens is 394 g/mol. The summed E-state index contributed by atoms with van der Waals surface area (Å²) in [5.41, 5.74) is 1.92. The summed E-state index contributed by atoms with van der Waals surface area (Å²) in [5.74, 6) is 1.52. The summed E-state index contributed by atoms with van der Waals surface area (Å²) in [7, 11) is 0. The molecule has 1 amide bonds. The number of anilines is 1. The van der Waals surface area contributed by atoms with Crippen LogP contribution in [0.25, 0.3) is 11.5 Å². The second-order valence-electron chi connectivity index (χ2n) is 6.20. The average molecular weight is 411 g/mol. The van der Waals surface area contributed by atoms with Gasteiger partial charge < -0.3 is 19.2 Å². The Kier molecular flexibility index (Phi) is 5.48. The van der Waals surface area contributed by atoms with Gasteiger partial charge in [-0.2, -0.15) is 0 Å². The van der Waals surface area contributed by atoms with Crippen molar-refractivity contribution in [2.75, 3.05) is 24.3 Å². The third kappa shape index (κ3) is 4.57. The molecule has 0 fully saturated rings. The van der Waals surface area contributed by atoms with E-state index >= 15 is 0 Å². The van der Waals surface area contributed by atoms with Gasteiger partial charge in [-0.1, -0.05) is 11.8 Å². The molecule has 4 rings (SSSR count). The van der Waals surface area contributed by atoms with Crippen LogP contribution in [0, 0.1) is 0 Å². The number of thioether (sulfide) groups is 1. The number of carbonyl (C=O) groups excluding carboxylic acids is 2. The Morgan fingerprint density at radius 2 is 1.79 bits per heavy atom. The quantitative estimate of drug-likeness (QED) is 0.486. The molecule has 0 radical (unpaired) electrons. The molecule has 2 heterocycles. The van der Waals surface area contributed by atoms with Gasteiger partial charge in [0.25, 0.3) is 5.22 Å². The summed E-state index contributed by atoms with van der Waals surface area (Å²) < 4.78 is 16.7. The van der Waals surface area contributed by atoms with Crippen molar-refractivity contribution in [1.82, 2.24) is 10.2 Å². The monoisotopic (exact) mass is 411 g/mol. The Hall–Kier alpha value is -3.33. The van der Waals surface area contributed by atoms with Crippen molar-refractivity contribution in [2.24, 2.45) is 0 Å². The first kappa shape index (κ1) is 19.0. The number of amides is 1. The van der Waals surface area contributed by atoms with Gasteiger partial charge in [-0.3, -0.25) is 9.59 Å². The molecule has 3 aromatic rings. The van der Waals surface area contributed by atoms with Crippen molar-refractivity contribution in [3.63, 3.8) is 0 Å². The molecule has 0 unspecified atom stereocenters. The number of fused-ring (bicyclic) bond motifs is 1. The molecule has 9 heteroatoms. The SMILES string of the molecule is CC(=O)c1ccc(NC(=O)CSc2nnc(-c3ccc4c(c3)OCCO4)o2)cc1. The lowest BCUT2D eigenvalue weighted by molar-refractivity contribution is -0.113. The van der Waals surface area contributed by atoms with Crippen LogP contribution in [0.1, 0.15) is 17.3 Å². The van der Waals surface area contributed by atoms with E-state index in [9.17, 15) is 9.59 Å². The van der Waals surface area contributed by atoms with Gasteiger partial charge in [-0.25, -0.2) is 0 Å². The van der Waals surface area contributed by atoms with Gasteiger partial charge in [0.15, 0.2) is 17.3 Å². The lowest BCUT2D eigenvalue weighted by atomic mass is 10.1. The molecule has 0 bridgehead atoms. The minimum absolute atomic E-state index is 0.0244. The molecule has 29 heavy (non-hydrogen) atoms. The number of hydrogen-bond acceptors (Lipinski definition) is 8. The standard InChI is InChI=1S/C20H17N3O5S/c1-12(24)13-2-5-15(6-3-13)21-18(25)11-29-20-23-22-19(28-20)14-4-7-16-17(10-14)27-9-8-26-16/h2-7,10H,8-9,11H2,1H3,(H,21,25). The zero-order chi connectivity index (χ0) is 20.2. The van der Waals surface area contributed by atoms with E-state index in [0.29, 0.717) is 47.4 Å². The predicted molar refractivity (Wildman–Crippen MR) is 107 cm³/mol. The summed E-state index contributed by atoms with van der Waals surface area (Å²) >= 11 is 1.14. The molecule has 0 saturated carbocycles. The van der Waals surface area contributed by atoms with E-state index in [1.165, 1.54) is 6.92 Å². The molecule has 8 nitrogen and oxygen atoms in total. The Bertz CT molecular complexity index is 1050. The van der Waals surface area contributed by atoms with E-state index < -0.39 is 0 Å². The first-order valence-electron chi connectivity index (χ1n) is 8.86. The minimum atomic E-state index is -0.218. The molecule has 0 spiro atoms. The van der Waals surface area contributed by atoms with Crippen LogP contribution in [-0.4, -0.2) is 40.9 Å². The number of benzene rings is 2. The zero-order valence-electron chi connectivity index (χ0n) is 15.5. The second-order valence-corrected chi connectivity index (χ2v) is 7.13. The Balaban J connectivity index is 1.34. The molecule has 0 saturated heterocycles. The van der Waals surface area contributed by atoms with E-state index in [1.54, 1.807) is 36.4 Å². The summed E-state index contributed by atoms with van der Waals surface area (Å²) in [6.07, 6.45) is 0. The van der Waals surface area contributed by atoms with Crippen LogP contribution in [0.3, 0.4) is 0 Å². The van der Waals surface area contributed by atoms with Gasteiger partial charge in [-0.15, -0.1) is 10.2 Å². The molecule has 2 aromatic carbocycles. The van der Waals surface area contributed by atoms with Crippen LogP contribution in [0.5, 0.6) is 11.5 Å². The number of rotatable bonds is 6. The Morgan fingerprint density at radius 1 is 1.03 bits per heavy atom. The molecule has 1 aliphatic heterocycles. The molecule has 1 N–H and O–H groups in total. The number of ether oxygens (including phenoxy) is 2. The maximum atomic E-state index is 12.1. The Labute approximate surface area is 170 Å². The van der Waals surface area contributed by atoms with Gasteiger partial charge in [0.05, 0.1) is 5.75 Å². The summed E-state index contributed by atoms with van der Waals surface area (Å²) in [6, 6.07) is 12.1. The van der Waals surface area contributed by atoms with Crippen LogP contribution in [0.15, 0.2) is 52.1 Å². The number of aromatic nitrogens is 2. The van der Waals surface area contributed by atoms with E-state index in [4.69, 9.17) is 13.9 Å². The zero-order valence-corrected chi connectivity index (χ0v) is 16.3. The van der Waals surface area contributed by atoms with E-state index in [1.807, 2.05) is 6.07 Å². The van der Waals surface area contributed by atoms with Gasteiger partial charge in [0.1, 0.15) is 13.2 Å². The van der Waals surface area contributed by atoms with Crippen molar-refractivity contribution in [3.8, 4) is 23.0 Å². The molecule has 148 valence electrons. The molecule has 0 atom stereocenters. The highest BCUT2D eigenvalue weighted by atomic mass is 32.2. The fourth-order valence-corrected chi connectivity index (χ4v) is 3.24. The summed E-state index contributed by atoms with van der Waals surface area (Å²) in [6.45, 7) is 2.51. The van der Waals surface area contributed by atoms with Gasteiger partial charge in [0, 0.05) is 16.8 Å². The second kappa shape index (κ2) is 8.36. The topological polar surface area (TPSA) is 104 Å². The van der Waals surface area contributed by atoms with Crippen LogP contribution in [0.2, 0.25) is 0 Å². The lowest BCUT2D eigenvalue weighted by Gasteiger charge is -2.18. The van der Waals surface area contributed by atoms with E-state index in [2.05, 4.69) is 15.5 Å². The Morgan fingerprint density at radius 3 is 2.55 bits per heavy atom. The van der Waals surface area contributed by atoms with Crippen molar-refractivity contribution in [1.29, 1.82) is 0 Å². The smallest absolute Gasteiger partial charge is 0.277 e. The highest BCUT2D eigenvalue weighted by molar-refractivity contribution is 7.99. The number of Topliss-reactive ketones (excluding diaryl/α,β-unsaturated/α-hetero) is 1. The van der Waals surface area contributed by atoms with Gasteiger partial charge in [0.2, 0.25) is 11.8 Å². The fraction of sp³-hybridized carbons (Fsp3) is 0.200. The van der Waals surface area contributed by atoms with E-state index in [0.717, 1.165) is 11.8 Å². The molecule has 0 aliphatic carbocycles. The van der Waals surface area contributed by atoms with Gasteiger partial charge in [-0.05, 0) is 49.4 Å². The largest absolute Gasteiger partial charge is 0.486 e. The van der Waals surface area contributed by atoms with Crippen LogP contribution in [-0.2, 0) is 4.79 Å². The van der Waals surface area contributed by atoms with Crippen LogP contribution >= 0.6 is 11.8 Å². The number of nitrogens with zero attached hydrogens (tertiary/aromatic N) is 2. The summed E-state index contributed by atoms with van der Waals surface area (Å²) in [5, 5.41) is 11.0. The van der Waals surface area contributed by atoms with Crippen molar-refractivity contribution >= 4 is 29.1 Å². The van der Waals surface area contributed by atoms with E-state index in [-0.39, 0.29) is 22.7 Å². The highest BCUT2D eigenvalue weighted by Crippen LogP contribution is 2.34. The number of hydrogen-bond donors (Lipinski definition) is 1. The predicted octanol–water partition coefficient (Wildman–Crippen LogP) is 3.44. The van der Waals surface area contributed by atoms with Gasteiger partial charge >= 0.3 is 0 Å². The first-order valence-corrected chi connectivity index (χ1v) is 9.84. The third-order valence-corrected chi connectivity index (χ3v) is 4.92. The summed E-state index contributed by atoms with van der Waals surface area (Å²) in [4.78, 5) is 23.4. The fourth-order valence-electron chi connectivity index (χ4n) is 2.67. The van der Waals surface area contributed by atoms with Crippen LogP contribution < -0.4 is 14.8 Å². The molecule has 1 aliphatic rings. The highest BCUT2D eigenvalue weighted by Gasteiger charge is 2.16. The third-order valence-electron chi connectivity index (χ3n) is 4.10. The van der Waals surface area contributed by atoms with Crippen molar-refractivity contribution < 1.29 is 23.5 Å². The average Bonchev–Trinajstić information content (AvgIpc) is 3.21. The molecule has 1 aromatic heterocycles. The van der Waals surface area contributed by atoms with Crippen molar-refractivity contribution in [3.05, 3.63) is 48.0 Å². The normalized spacial score (nSPS) is 12.4. The number of carbonyl (C=O) groups is 2.